The van der Waals surface area contributed by atoms with Crippen LogP contribution < -0.4 is 10.9 Å². The molecular weight excluding hydrogens is 324 g/mol. The molecule has 0 amide bonds. The largest absolute Gasteiger partial charge is 0.317 e. The monoisotopic (exact) mass is 342 g/mol. The second kappa shape index (κ2) is 5.41. The summed E-state index contributed by atoms with van der Waals surface area (Å²) in [5, 5.41) is 3.72. The van der Waals surface area contributed by atoms with E-state index in [-0.39, 0.29) is 5.56 Å². The highest BCUT2D eigenvalue weighted by atomic mass is 16.1. The van der Waals surface area contributed by atoms with Crippen LogP contribution in [0.15, 0.2) is 71.8 Å². The zero-order valence-electron chi connectivity index (χ0n) is 14.4. The average molecular weight is 342 g/mol. The molecule has 5 heteroatoms. The first kappa shape index (κ1) is 15.1. The summed E-state index contributed by atoms with van der Waals surface area (Å²) >= 11 is 0. The van der Waals surface area contributed by atoms with E-state index in [9.17, 15) is 4.79 Å². The Morgan fingerprint density at radius 1 is 1.12 bits per heavy atom. The van der Waals surface area contributed by atoms with E-state index >= 15 is 0 Å². The third-order valence-electron chi connectivity index (χ3n) is 5.26. The van der Waals surface area contributed by atoms with Crippen LogP contribution in [0.4, 0.5) is 0 Å². The Bertz CT molecular complexity index is 1180. The number of aromatic amines is 1. The van der Waals surface area contributed by atoms with E-state index in [1.807, 2.05) is 40.9 Å². The topological polar surface area (TPSA) is 62.2 Å². The quantitative estimate of drug-likeness (QED) is 0.601. The van der Waals surface area contributed by atoms with Crippen LogP contribution in [-0.2, 0) is 12.1 Å². The fraction of sp³-hybridized carbons (Fsp3) is 0.143. The van der Waals surface area contributed by atoms with Crippen LogP contribution in [0.25, 0.3) is 16.9 Å². The number of nitrogens with zero attached hydrogens (tertiary/aromatic N) is 2. The molecule has 0 saturated heterocycles. The van der Waals surface area contributed by atoms with E-state index in [0.29, 0.717) is 5.65 Å². The Balaban J connectivity index is 1.73. The first-order valence-electron chi connectivity index (χ1n) is 8.67. The first-order chi connectivity index (χ1) is 12.7. The van der Waals surface area contributed by atoms with Crippen molar-refractivity contribution in [3.8, 4) is 11.3 Å². The van der Waals surface area contributed by atoms with Crippen LogP contribution in [-0.4, -0.2) is 14.4 Å². The van der Waals surface area contributed by atoms with Crippen LogP contribution in [0.1, 0.15) is 23.7 Å². The summed E-state index contributed by atoms with van der Waals surface area (Å²) in [4.78, 5) is 19.7. The van der Waals surface area contributed by atoms with E-state index in [4.69, 9.17) is 0 Å². The molecule has 4 aromatic rings. The lowest BCUT2D eigenvalue weighted by Gasteiger charge is -2.29. The summed E-state index contributed by atoms with van der Waals surface area (Å²) in [6, 6.07) is 18.5. The Labute approximate surface area is 150 Å². The molecule has 0 saturated carbocycles. The van der Waals surface area contributed by atoms with E-state index in [1.165, 1.54) is 5.56 Å². The van der Waals surface area contributed by atoms with Crippen molar-refractivity contribution in [1.29, 1.82) is 0 Å². The molecule has 2 heterocycles. The number of fused-ring (bicyclic) bond motifs is 5. The summed E-state index contributed by atoms with van der Waals surface area (Å²) in [5.74, 6) is 0. The number of imidazole rings is 1. The minimum atomic E-state index is -0.440. The number of aromatic nitrogens is 3. The molecule has 0 fully saturated rings. The van der Waals surface area contributed by atoms with Crippen molar-refractivity contribution in [2.45, 2.75) is 19.0 Å². The van der Waals surface area contributed by atoms with Crippen molar-refractivity contribution in [1.82, 2.24) is 19.7 Å². The summed E-state index contributed by atoms with van der Waals surface area (Å²) in [7, 11) is 0. The summed E-state index contributed by atoms with van der Waals surface area (Å²) < 4.78 is 1.91. The highest BCUT2D eigenvalue weighted by Crippen LogP contribution is 2.45. The second-order valence-electron chi connectivity index (χ2n) is 6.81. The Kier molecular flexibility index (Phi) is 3.14. The van der Waals surface area contributed by atoms with Gasteiger partial charge in [0.1, 0.15) is 0 Å². The van der Waals surface area contributed by atoms with Crippen molar-refractivity contribution in [3.63, 3.8) is 0 Å². The second-order valence-corrected chi connectivity index (χ2v) is 6.81. The maximum absolute atomic E-state index is 12.4. The molecule has 5 rings (SSSR count). The Morgan fingerprint density at radius 3 is 2.73 bits per heavy atom. The zero-order valence-corrected chi connectivity index (χ0v) is 14.4. The average Bonchev–Trinajstić information content (AvgIpc) is 3.25. The van der Waals surface area contributed by atoms with Gasteiger partial charge in [0.15, 0.2) is 0 Å². The molecular formula is C21H18N4O. The summed E-state index contributed by atoms with van der Waals surface area (Å²) in [6.45, 7) is 2.89. The third-order valence-corrected chi connectivity index (χ3v) is 5.26. The summed E-state index contributed by atoms with van der Waals surface area (Å²) in [5.41, 5.74) is 5.11. The molecule has 0 bridgehead atoms. The lowest BCUT2D eigenvalue weighted by molar-refractivity contribution is 0.431. The molecule has 0 aliphatic heterocycles. The summed E-state index contributed by atoms with van der Waals surface area (Å²) in [6.07, 6.45) is 3.53. The minimum Gasteiger partial charge on any atom is -0.317 e. The maximum atomic E-state index is 12.4. The fourth-order valence-corrected chi connectivity index (χ4v) is 4.01. The van der Waals surface area contributed by atoms with Gasteiger partial charge < -0.3 is 4.98 Å². The van der Waals surface area contributed by atoms with Gasteiger partial charge in [-0.05, 0) is 18.1 Å². The molecule has 128 valence electrons. The van der Waals surface area contributed by atoms with Gasteiger partial charge in [-0.2, -0.15) is 0 Å². The van der Waals surface area contributed by atoms with Gasteiger partial charge in [0, 0.05) is 24.5 Å². The van der Waals surface area contributed by atoms with Crippen molar-refractivity contribution in [2.75, 3.05) is 0 Å². The smallest absolute Gasteiger partial charge is 0.292 e. The molecule has 1 aliphatic rings. The standard InChI is InChI=1S/C21H18N4O/c1-21(23-13-14-7-3-2-4-8-14)16-10-6-5-9-15(16)17-18(21)25-12-11-22-19(25)20(26)24-17/h2-12,23H,13H2,1H3,(H,24,26). The normalized spacial score (nSPS) is 18.0. The van der Waals surface area contributed by atoms with Crippen LogP contribution in [0, 0.1) is 0 Å². The van der Waals surface area contributed by atoms with E-state index in [2.05, 4.69) is 46.5 Å². The predicted molar refractivity (Wildman–Crippen MR) is 101 cm³/mol. The van der Waals surface area contributed by atoms with Gasteiger partial charge in [0.25, 0.3) is 5.56 Å². The lowest BCUT2D eigenvalue weighted by atomic mass is 9.92. The fourth-order valence-electron chi connectivity index (χ4n) is 4.01. The van der Waals surface area contributed by atoms with Crippen LogP contribution in [0.2, 0.25) is 0 Å². The molecule has 1 aliphatic carbocycles. The number of hydrogen-bond donors (Lipinski definition) is 2. The van der Waals surface area contributed by atoms with Gasteiger partial charge in [-0.1, -0.05) is 54.6 Å². The molecule has 2 aromatic carbocycles. The molecule has 2 aromatic heterocycles. The molecule has 1 atom stereocenters. The van der Waals surface area contributed by atoms with E-state index in [1.54, 1.807) is 6.20 Å². The number of H-pyrrole nitrogens is 1. The first-order valence-corrected chi connectivity index (χ1v) is 8.67. The lowest BCUT2D eigenvalue weighted by Crippen LogP contribution is -2.40. The van der Waals surface area contributed by atoms with Gasteiger partial charge in [0.05, 0.1) is 16.9 Å². The minimum absolute atomic E-state index is 0.170. The number of rotatable bonds is 3. The molecule has 2 N–H and O–H groups in total. The molecule has 5 nitrogen and oxygen atoms in total. The highest BCUT2D eigenvalue weighted by Gasteiger charge is 2.42. The van der Waals surface area contributed by atoms with Crippen molar-refractivity contribution >= 4 is 5.65 Å². The molecule has 1 unspecified atom stereocenters. The van der Waals surface area contributed by atoms with Gasteiger partial charge in [0.2, 0.25) is 5.65 Å². The van der Waals surface area contributed by atoms with E-state index in [0.717, 1.165) is 29.1 Å². The van der Waals surface area contributed by atoms with Gasteiger partial charge in [-0.15, -0.1) is 0 Å². The zero-order chi connectivity index (χ0) is 17.7. The van der Waals surface area contributed by atoms with Gasteiger partial charge >= 0.3 is 0 Å². The van der Waals surface area contributed by atoms with Crippen molar-refractivity contribution in [3.05, 3.63) is 94.2 Å². The Morgan fingerprint density at radius 2 is 1.88 bits per heavy atom. The molecule has 26 heavy (non-hydrogen) atoms. The predicted octanol–water partition coefficient (Wildman–Crippen LogP) is 3.06. The number of benzene rings is 2. The molecule has 0 radical (unpaired) electrons. The SMILES string of the molecule is CC1(NCc2ccccc2)c2ccccc2-c2[nH]c(=O)c3nccn3c21. The van der Waals surface area contributed by atoms with Crippen molar-refractivity contribution in [2.24, 2.45) is 0 Å². The highest BCUT2D eigenvalue weighted by molar-refractivity contribution is 5.77. The van der Waals surface area contributed by atoms with Gasteiger partial charge in [-0.25, -0.2) is 4.98 Å². The number of hydrogen-bond acceptors (Lipinski definition) is 3. The van der Waals surface area contributed by atoms with Crippen LogP contribution in [0.5, 0.6) is 0 Å². The number of nitrogens with one attached hydrogen (secondary N) is 2. The van der Waals surface area contributed by atoms with Gasteiger partial charge in [-0.3, -0.25) is 14.5 Å². The molecule has 0 spiro atoms. The van der Waals surface area contributed by atoms with Crippen molar-refractivity contribution < 1.29 is 0 Å². The maximum Gasteiger partial charge on any atom is 0.292 e. The van der Waals surface area contributed by atoms with Crippen LogP contribution in [0.3, 0.4) is 0 Å². The third kappa shape index (κ3) is 2.01. The van der Waals surface area contributed by atoms with Crippen LogP contribution >= 0.6 is 0 Å². The van der Waals surface area contributed by atoms with E-state index < -0.39 is 5.54 Å². The Hall–Kier alpha value is -3.18.